The maximum atomic E-state index is 6.50. The van der Waals surface area contributed by atoms with Gasteiger partial charge in [0.2, 0.25) is 0 Å². The standard InChI is InChI=1S/C23H22N6/c1-17-10-12-19(13-11-17)28-22-21(24)23(27-16-26-22)29(20-9-5-6-14-25-20)15-18-7-3-2-4-8-18/h2-14,16H,15,24H2,1H3,(H,26,27,28). The van der Waals surface area contributed by atoms with Crippen LogP contribution in [-0.2, 0) is 6.54 Å². The largest absolute Gasteiger partial charge is 0.393 e. The van der Waals surface area contributed by atoms with Gasteiger partial charge in [0.25, 0.3) is 0 Å². The van der Waals surface area contributed by atoms with Crippen LogP contribution in [0.2, 0.25) is 0 Å². The zero-order valence-electron chi connectivity index (χ0n) is 16.2. The van der Waals surface area contributed by atoms with Crippen molar-refractivity contribution in [2.45, 2.75) is 13.5 Å². The molecule has 0 spiro atoms. The molecule has 6 heteroatoms. The van der Waals surface area contributed by atoms with Gasteiger partial charge in [0.1, 0.15) is 17.8 Å². The molecule has 0 saturated heterocycles. The van der Waals surface area contributed by atoms with Gasteiger partial charge < -0.3 is 16.0 Å². The fraction of sp³-hybridized carbons (Fsp3) is 0.0870. The number of aryl methyl sites for hydroxylation is 1. The third kappa shape index (κ3) is 4.32. The molecule has 0 radical (unpaired) electrons. The Bertz CT molecular complexity index is 1070. The van der Waals surface area contributed by atoms with Crippen molar-refractivity contribution in [3.63, 3.8) is 0 Å². The highest BCUT2D eigenvalue weighted by Crippen LogP contribution is 2.33. The molecular formula is C23H22N6. The van der Waals surface area contributed by atoms with E-state index in [0.29, 0.717) is 23.9 Å². The van der Waals surface area contributed by atoms with Crippen molar-refractivity contribution in [2.24, 2.45) is 0 Å². The number of aromatic nitrogens is 3. The number of hydrogen-bond acceptors (Lipinski definition) is 6. The normalized spacial score (nSPS) is 10.5. The molecule has 0 fully saturated rings. The van der Waals surface area contributed by atoms with Crippen molar-refractivity contribution in [3.05, 3.63) is 96.4 Å². The first-order valence-corrected chi connectivity index (χ1v) is 9.37. The summed E-state index contributed by atoms with van der Waals surface area (Å²) >= 11 is 0. The van der Waals surface area contributed by atoms with Crippen LogP contribution in [-0.4, -0.2) is 15.0 Å². The number of nitrogens with zero attached hydrogens (tertiary/aromatic N) is 4. The van der Waals surface area contributed by atoms with Gasteiger partial charge in [-0.1, -0.05) is 54.1 Å². The Hall–Kier alpha value is -3.93. The Labute approximate surface area is 170 Å². The third-order valence-electron chi connectivity index (χ3n) is 4.54. The van der Waals surface area contributed by atoms with Gasteiger partial charge in [0.15, 0.2) is 11.6 Å². The molecule has 0 atom stereocenters. The SMILES string of the molecule is Cc1ccc(Nc2ncnc(N(Cc3ccccc3)c3ccccn3)c2N)cc1. The topological polar surface area (TPSA) is 80.0 Å². The molecule has 0 aliphatic heterocycles. The van der Waals surface area contributed by atoms with Gasteiger partial charge >= 0.3 is 0 Å². The Morgan fingerprint density at radius 2 is 1.62 bits per heavy atom. The lowest BCUT2D eigenvalue weighted by Gasteiger charge is -2.25. The van der Waals surface area contributed by atoms with Gasteiger partial charge in [-0.15, -0.1) is 0 Å². The number of rotatable bonds is 6. The molecule has 0 aliphatic rings. The average Bonchev–Trinajstić information content (AvgIpc) is 2.77. The summed E-state index contributed by atoms with van der Waals surface area (Å²) in [6.07, 6.45) is 3.28. The summed E-state index contributed by atoms with van der Waals surface area (Å²) in [7, 11) is 0. The Balaban J connectivity index is 1.71. The van der Waals surface area contributed by atoms with Gasteiger partial charge in [-0.05, 0) is 36.8 Å². The van der Waals surface area contributed by atoms with E-state index in [1.807, 2.05) is 65.6 Å². The van der Waals surface area contributed by atoms with Gasteiger partial charge in [0.05, 0.1) is 6.54 Å². The Morgan fingerprint density at radius 1 is 0.862 bits per heavy atom. The van der Waals surface area contributed by atoms with Gasteiger partial charge in [-0.3, -0.25) is 0 Å². The van der Waals surface area contributed by atoms with Gasteiger partial charge in [0, 0.05) is 11.9 Å². The quantitative estimate of drug-likeness (QED) is 0.496. The van der Waals surface area contributed by atoms with Gasteiger partial charge in [-0.2, -0.15) is 0 Å². The number of nitrogens with two attached hydrogens (primary N) is 1. The van der Waals surface area contributed by atoms with Crippen molar-refractivity contribution in [1.29, 1.82) is 0 Å². The monoisotopic (exact) mass is 382 g/mol. The van der Waals surface area contributed by atoms with Crippen LogP contribution in [0.3, 0.4) is 0 Å². The number of nitrogen functional groups attached to an aromatic ring is 1. The minimum Gasteiger partial charge on any atom is -0.393 e. The molecule has 144 valence electrons. The number of pyridine rings is 1. The van der Waals surface area contributed by atoms with E-state index in [-0.39, 0.29) is 0 Å². The fourth-order valence-corrected chi connectivity index (χ4v) is 3.02. The first kappa shape index (κ1) is 18.4. The van der Waals surface area contributed by atoms with Crippen LogP contribution in [0.15, 0.2) is 85.3 Å². The van der Waals surface area contributed by atoms with E-state index in [4.69, 9.17) is 5.73 Å². The van der Waals surface area contributed by atoms with E-state index in [0.717, 1.165) is 17.1 Å². The zero-order valence-corrected chi connectivity index (χ0v) is 16.2. The Kier molecular flexibility index (Phi) is 5.33. The van der Waals surface area contributed by atoms with Crippen LogP contribution in [0.5, 0.6) is 0 Å². The molecule has 4 aromatic rings. The third-order valence-corrected chi connectivity index (χ3v) is 4.54. The highest BCUT2D eigenvalue weighted by molar-refractivity contribution is 5.80. The maximum Gasteiger partial charge on any atom is 0.163 e. The molecule has 2 aromatic carbocycles. The molecule has 3 N–H and O–H groups in total. The van der Waals surface area contributed by atoms with Crippen molar-refractivity contribution in [3.8, 4) is 0 Å². The summed E-state index contributed by atoms with van der Waals surface area (Å²) in [5.41, 5.74) is 10.2. The highest BCUT2D eigenvalue weighted by Gasteiger charge is 2.18. The number of hydrogen-bond donors (Lipinski definition) is 2. The first-order valence-electron chi connectivity index (χ1n) is 9.37. The summed E-state index contributed by atoms with van der Waals surface area (Å²) in [6.45, 7) is 2.64. The maximum absolute atomic E-state index is 6.50. The Morgan fingerprint density at radius 3 is 2.34 bits per heavy atom. The highest BCUT2D eigenvalue weighted by atomic mass is 15.3. The second-order valence-corrected chi connectivity index (χ2v) is 6.71. The molecule has 2 aromatic heterocycles. The van der Waals surface area contributed by atoms with Crippen molar-refractivity contribution < 1.29 is 0 Å². The predicted molar refractivity (Wildman–Crippen MR) is 117 cm³/mol. The summed E-state index contributed by atoms with van der Waals surface area (Å²) < 4.78 is 0. The van der Waals surface area contributed by atoms with Crippen molar-refractivity contribution in [2.75, 3.05) is 16.0 Å². The minimum absolute atomic E-state index is 0.467. The first-order chi connectivity index (χ1) is 14.2. The fourth-order valence-electron chi connectivity index (χ4n) is 3.02. The minimum atomic E-state index is 0.467. The second-order valence-electron chi connectivity index (χ2n) is 6.71. The second kappa shape index (κ2) is 8.39. The lowest BCUT2D eigenvalue weighted by molar-refractivity contribution is 0.918. The molecule has 0 saturated carbocycles. The van der Waals surface area contributed by atoms with Crippen LogP contribution >= 0.6 is 0 Å². The van der Waals surface area contributed by atoms with Crippen LogP contribution in [0.25, 0.3) is 0 Å². The van der Waals surface area contributed by atoms with E-state index in [1.165, 1.54) is 11.9 Å². The average molecular weight is 382 g/mol. The van der Waals surface area contributed by atoms with Crippen LogP contribution < -0.4 is 16.0 Å². The lowest BCUT2D eigenvalue weighted by Crippen LogP contribution is -2.21. The summed E-state index contributed by atoms with van der Waals surface area (Å²) in [5.74, 6) is 1.94. The molecule has 4 rings (SSSR count). The lowest BCUT2D eigenvalue weighted by atomic mass is 10.2. The van der Waals surface area contributed by atoms with E-state index in [2.05, 4.69) is 39.3 Å². The summed E-state index contributed by atoms with van der Waals surface area (Å²) in [6, 6.07) is 24.0. The van der Waals surface area contributed by atoms with E-state index in [1.54, 1.807) is 6.20 Å². The van der Waals surface area contributed by atoms with E-state index in [9.17, 15) is 0 Å². The van der Waals surface area contributed by atoms with Crippen molar-refractivity contribution >= 4 is 28.8 Å². The number of nitrogens with one attached hydrogen (secondary N) is 1. The van der Waals surface area contributed by atoms with Crippen LogP contribution in [0.4, 0.5) is 28.8 Å². The predicted octanol–water partition coefficient (Wildman–Crippen LogP) is 4.84. The molecule has 29 heavy (non-hydrogen) atoms. The molecule has 6 nitrogen and oxygen atoms in total. The smallest absolute Gasteiger partial charge is 0.163 e. The number of benzene rings is 2. The van der Waals surface area contributed by atoms with Crippen LogP contribution in [0.1, 0.15) is 11.1 Å². The van der Waals surface area contributed by atoms with Crippen molar-refractivity contribution in [1.82, 2.24) is 15.0 Å². The van der Waals surface area contributed by atoms with E-state index < -0.39 is 0 Å². The summed E-state index contributed by atoms with van der Waals surface area (Å²) in [5, 5.41) is 3.29. The van der Waals surface area contributed by atoms with E-state index >= 15 is 0 Å². The van der Waals surface area contributed by atoms with Crippen LogP contribution in [0, 0.1) is 6.92 Å². The van der Waals surface area contributed by atoms with Gasteiger partial charge in [-0.25, -0.2) is 15.0 Å². The molecule has 2 heterocycles. The zero-order chi connectivity index (χ0) is 20.1. The molecule has 0 amide bonds. The molecular weight excluding hydrogens is 360 g/mol. The molecule has 0 aliphatic carbocycles. The molecule has 0 bridgehead atoms. The number of anilines is 5. The molecule has 0 unspecified atom stereocenters. The summed E-state index contributed by atoms with van der Waals surface area (Å²) in [4.78, 5) is 15.3.